The lowest BCUT2D eigenvalue weighted by Gasteiger charge is -2.34. The van der Waals surface area contributed by atoms with Gasteiger partial charge in [-0.05, 0) is 38.8 Å². The van der Waals surface area contributed by atoms with Crippen molar-refractivity contribution >= 4 is 21.7 Å². The van der Waals surface area contributed by atoms with Crippen LogP contribution in [0.1, 0.15) is 26.7 Å². The van der Waals surface area contributed by atoms with Gasteiger partial charge >= 0.3 is 0 Å². The molecule has 0 unspecified atom stereocenters. The third-order valence-electron chi connectivity index (χ3n) is 5.81. The normalized spacial score (nSPS) is 17.9. The zero-order valence-corrected chi connectivity index (χ0v) is 19.1. The highest BCUT2D eigenvalue weighted by Gasteiger charge is 2.27. The quantitative estimate of drug-likeness (QED) is 0.724. The summed E-state index contributed by atoms with van der Waals surface area (Å²) in [6, 6.07) is 2.99. The summed E-state index contributed by atoms with van der Waals surface area (Å²) in [5.74, 6) is -0.841. The molecule has 0 amide bonds. The fourth-order valence-electron chi connectivity index (χ4n) is 4.13. The van der Waals surface area contributed by atoms with Crippen molar-refractivity contribution in [1.82, 2.24) is 14.3 Å². The fourth-order valence-corrected chi connectivity index (χ4v) is 5.00. The molecule has 0 radical (unpaired) electrons. The zero-order valence-electron chi connectivity index (χ0n) is 18.3. The first-order valence-corrected chi connectivity index (χ1v) is 12.5. The Hall–Kier alpha value is -2.53. The molecule has 3 heterocycles. The van der Waals surface area contributed by atoms with Gasteiger partial charge in [-0.25, -0.2) is 31.5 Å². The molecule has 1 N–H and O–H groups in total. The molecule has 1 fully saturated rings. The van der Waals surface area contributed by atoms with Crippen LogP contribution in [0.2, 0.25) is 0 Å². The topological polar surface area (TPSA) is 87.7 Å². The number of ether oxygens (including phenoxy) is 1. The highest BCUT2D eigenvalue weighted by atomic mass is 32.2. The van der Waals surface area contributed by atoms with Gasteiger partial charge in [-0.1, -0.05) is 0 Å². The number of fused-ring (bicyclic) bond motifs is 1. The summed E-state index contributed by atoms with van der Waals surface area (Å²) in [7, 11) is -3.22. The predicted octanol–water partition coefficient (Wildman–Crippen LogP) is 2.86. The summed E-state index contributed by atoms with van der Waals surface area (Å²) in [5.41, 5.74) is 0.862. The van der Waals surface area contributed by atoms with Gasteiger partial charge in [0.05, 0.1) is 24.7 Å². The van der Waals surface area contributed by atoms with Gasteiger partial charge in [-0.2, -0.15) is 0 Å². The number of anilines is 2. The lowest BCUT2D eigenvalue weighted by molar-refractivity contribution is 0.287. The Morgan fingerprint density at radius 1 is 1.16 bits per heavy atom. The lowest BCUT2D eigenvalue weighted by Crippen LogP contribution is -2.42. The second kappa shape index (κ2) is 8.78. The average molecular weight is 468 g/mol. The van der Waals surface area contributed by atoms with Crippen molar-refractivity contribution < 1.29 is 21.9 Å². The monoisotopic (exact) mass is 467 g/mol. The summed E-state index contributed by atoms with van der Waals surface area (Å²) in [5, 5.41) is 3.15. The maximum atomic E-state index is 14.8. The Kier molecular flexibility index (Phi) is 6.22. The van der Waals surface area contributed by atoms with Crippen molar-refractivity contribution in [1.29, 1.82) is 0 Å². The van der Waals surface area contributed by atoms with E-state index in [9.17, 15) is 17.2 Å². The van der Waals surface area contributed by atoms with E-state index in [-0.39, 0.29) is 29.5 Å². The highest BCUT2D eigenvalue weighted by Crippen LogP contribution is 2.39. The van der Waals surface area contributed by atoms with Crippen LogP contribution in [0.15, 0.2) is 18.3 Å². The molecular weight excluding hydrogens is 440 g/mol. The van der Waals surface area contributed by atoms with E-state index in [1.165, 1.54) is 16.6 Å². The van der Waals surface area contributed by atoms with E-state index in [1.54, 1.807) is 6.07 Å². The first-order chi connectivity index (χ1) is 15.1. The molecule has 32 heavy (non-hydrogen) atoms. The number of nitrogens with one attached hydrogen (secondary N) is 1. The second-order valence-corrected chi connectivity index (χ2v) is 10.4. The largest absolute Gasteiger partial charge is 0.486 e. The number of nitrogens with zero attached hydrogens (tertiary/aromatic N) is 4. The van der Waals surface area contributed by atoms with Crippen molar-refractivity contribution in [2.45, 2.75) is 38.8 Å². The first-order valence-electron chi connectivity index (χ1n) is 10.6. The van der Waals surface area contributed by atoms with Crippen LogP contribution in [-0.4, -0.2) is 67.3 Å². The summed E-state index contributed by atoms with van der Waals surface area (Å²) >= 11 is 0. The number of hydrogen-bond acceptors (Lipinski definition) is 7. The summed E-state index contributed by atoms with van der Waals surface area (Å²) in [6.45, 7) is 5.79. The van der Waals surface area contributed by atoms with E-state index in [2.05, 4.69) is 15.3 Å². The first kappa shape index (κ1) is 22.7. The number of sulfonamides is 1. The minimum atomic E-state index is -3.22. The molecule has 0 atom stereocenters. The smallest absolute Gasteiger partial charge is 0.223 e. The fraction of sp³-hybridized carbons (Fsp3) is 0.524. The van der Waals surface area contributed by atoms with Gasteiger partial charge in [-0.3, -0.25) is 0 Å². The Balaban J connectivity index is 1.59. The molecule has 0 bridgehead atoms. The van der Waals surface area contributed by atoms with Crippen LogP contribution in [0.4, 0.5) is 20.4 Å². The van der Waals surface area contributed by atoms with E-state index in [4.69, 9.17) is 4.74 Å². The molecule has 1 aromatic carbocycles. The number of benzene rings is 1. The number of piperidine rings is 1. The third-order valence-corrected chi connectivity index (χ3v) is 7.11. The van der Waals surface area contributed by atoms with Gasteiger partial charge in [0.15, 0.2) is 17.4 Å². The van der Waals surface area contributed by atoms with E-state index >= 15 is 0 Å². The lowest BCUT2D eigenvalue weighted by atomic mass is 10.1. The van der Waals surface area contributed by atoms with Crippen LogP contribution in [-0.2, 0) is 10.0 Å². The Morgan fingerprint density at radius 2 is 1.88 bits per heavy atom. The molecule has 11 heteroatoms. The molecule has 0 aliphatic carbocycles. The number of hydrogen-bond donors (Lipinski definition) is 1. The molecule has 2 aliphatic rings. The minimum absolute atomic E-state index is 0.00736. The molecule has 174 valence electrons. The Morgan fingerprint density at radius 3 is 2.53 bits per heavy atom. The average Bonchev–Trinajstić information content (AvgIpc) is 2.74. The van der Waals surface area contributed by atoms with Gasteiger partial charge in [0.2, 0.25) is 16.0 Å². The minimum Gasteiger partial charge on any atom is -0.486 e. The van der Waals surface area contributed by atoms with Crippen molar-refractivity contribution in [3.8, 4) is 17.0 Å². The number of rotatable bonds is 5. The van der Waals surface area contributed by atoms with Crippen LogP contribution in [0.3, 0.4) is 0 Å². The number of aromatic nitrogens is 2. The molecule has 0 spiro atoms. The molecule has 1 saturated heterocycles. The third kappa shape index (κ3) is 4.63. The maximum absolute atomic E-state index is 14.8. The standard InChI is InChI=1S/C21H27F2N5O3S/c1-13(2)28-8-9-31-20-16(22)10-14(11-18(20)28)19-17(23)12-24-21(26-19)25-15-4-6-27(7-5-15)32(3,29)30/h10-13,15H,4-9H2,1-3H3,(H,24,25,26). The molecule has 0 saturated carbocycles. The van der Waals surface area contributed by atoms with Gasteiger partial charge < -0.3 is 15.0 Å². The van der Waals surface area contributed by atoms with E-state index < -0.39 is 21.7 Å². The Labute approximate surface area is 186 Å². The summed E-state index contributed by atoms with van der Waals surface area (Å²) in [6.07, 6.45) is 3.41. The predicted molar refractivity (Wildman–Crippen MR) is 118 cm³/mol. The Bertz CT molecular complexity index is 1100. The molecule has 2 aromatic rings. The van der Waals surface area contributed by atoms with Gasteiger partial charge in [0.1, 0.15) is 12.3 Å². The SMILES string of the molecule is CC(C)N1CCOc2c(F)cc(-c3nc(NC4CCN(S(C)(=O)=O)CC4)ncc3F)cc21. The maximum Gasteiger partial charge on any atom is 0.223 e. The van der Waals surface area contributed by atoms with E-state index in [0.29, 0.717) is 50.3 Å². The van der Waals surface area contributed by atoms with E-state index in [1.807, 2.05) is 18.7 Å². The van der Waals surface area contributed by atoms with Crippen LogP contribution < -0.4 is 15.0 Å². The highest BCUT2D eigenvalue weighted by molar-refractivity contribution is 7.88. The van der Waals surface area contributed by atoms with Crippen LogP contribution in [0, 0.1) is 11.6 Å². The van der Waals surface area contributed by atoms with Crippen LogP contribution in [0.5, 0.6) is 5.75 Å². The molecule has 1 aromatic heterocycles. The molecule has 4 rings (SSSR count). The number of halogens is 2. The zero-order chi connectivity index (χ0) is 23.0. The van der Waals surface area contributed by atoms with Gasteiger partial charge in [-0.15, -0.1) is 0 Å². The van der Waals surface area contributed by atoms with Crippen LogP contribution >= 0.6 is 0 Å². The molecule has 8 nitrogen and oxygen atoms in total. The van der Waals surface area contributed by atoms with Crippen LogP contribution in [0.25, 0.3) is 11.3 Å². The second-order valence-electron chi connectivity index (χ2n) is 8.41. The van der Waals surface area contributed by atoms with Gasteiger partial charge in [0, 0.05) is 30.7 Å². The van der Waals surface area contributed by atoms with Crippen molar-refractivity contribution in [3.63, 3.8) is 0 Å². The van der Waals surface area contributed by atoms with Crippen molar-refractivity contribution in [3.05, 3.63) is 30.0 Å². The van der Waals surface area contributed by atoms with Crippen molar-refractivity contribution in [2.75, 3.05) is 42.7 Å². The molecular formula is C21H27F2N5O3S. The summed E-state index contributed by atoms with van der Waals surface area (Å²) in [4.78, 5) is 10.3. The van der Waals surface area contributed by atoms with E-state index in [0.717, 1.165) is 6.20 Å². The summed E-state index contributed by atoms with van der Waals surface area (Å²) < 4.78 is 59.8. The van der Waals surface area contributed by atoms with Crippen molar-refractivity contribution in [2.24, 2.45) is 0 Å². The van der Waals surface area contributed by atoms with Gasteiger partial charge in [0.25, 0.3) is 0 Å². The molecule has 2 aliphatic heterocycles.